The van der Waals surface area contributed by atoms with Crippen molar-refractivity contribution in [2.75, 3.05) is 6.54 Å². The fourth-order valence-electron chi connectivity index (χ4n) is 3.73. The number of hydrogen-bond donors (Lipinski definition) is 1. The van der Waals surface area contributed by atoms with Gasteiger partial charge < -0.3 is 10.0 Å². The number of carbonyl (C=O) groups excluding carboxylic acids is 1. The fraction of sp³-hybridized carbons (Fsp3) is 0.688. The quantitative estimate of drug-likeness (QED) is 0.930. The lowest BCUT2D eigenvalue weighted by molar-refractivity contribution is -0.144. The van der Waals surface area contributed by atoms with Gasteiger partial charge >= 0.3 is 5.97 Å². The summed E-state index contributed by atoms with van der Waals surface area (Å²) in [7, 11) is 0. The van der Waals surface area contributed by atoms with E-state index in [-0.39, 0.29) is 11.9 Å². The lowest BCUT2D eigenvalue weighted by Crippen LogP contribution is -2.49. The molecule has 1 aliphatic carbocycles. The molecule has 0 spiro atoms. The molecule has 2 fully saturated rings. The molecular weight excluding hydrogens is 282 g/mol. The molecule has 1 N–H and O–H groups in total. The van der Waals surface area contributed by atoms with Crippen LogP contribution in [-0.2, 0) is 4.79 Å². The Hall–Kier alpha value is -1.85. The van der Waals surface area contributed by atoms with E-state index in [4.69, 9.17) is 0 Å². The molecule has 120 valence electrons. The maximum atomic E-state index is 12.7. The molecule has 6 heteroatoms. The largest absolute Gasteiger partial charge is 0.481 e. The molecule has 1 amide bonds. The molecule has 1 aliphatic heterocycles. The van der Waals surface area contributed by atoms with Crippen molar-refractivity contribution in [2.45, 2.75) is 57.5 Å². The Morgan fingerprint density at radius 3 is 2.64 bits per heavy atom. The maximum absolute atomic E-state index is 12.7. The lowest BCUT2D eigenvalue weighted by atomic mass is 9.90. The van der Waals surface area contributed by atoms with Gasteiger partial charge in [-0.15, -0.1) is 0 Å². The number of rotatable bonds is 3. The third kappa shape index (κ3) is 2.74. The van der Waals surface area contributed by atoms with Crippen molar-refractivity contribution in [3.63, 3.8) is 0 Å². The highest BCUT2D eigenvalue weighted by Gasteiger charge is 2.36. The monoisotopic (exact) mass is 305 g/mol. The smallest absolute Gasteiger partial charge is 0.308 e. The van der Waals surface area contributed by atoms with Crippen molar-refractivity contribution in [2.24, 2.45) is 5.92 Å². The van der Waals surface area contributed by atoms with Crippen molar-refractivity contribution < 1.29 is 14.7 Å². The first kappa shape index (κ1) is 15.1. The Morgan fingerprint density at radius 1 is 1.23 bits per heavy atom. The summed E-state index contributed by atoms with van der Waals surface area (Å²) in [6.45, 7) is 2.43. The highest BCUT2D eigenvalue weighted by atomic mass is 16.4. The summed E-state index contributed by atoms with van der Waals surface area (Å²) >= 11 is 0. The first-order valence-corrected chi connectivity index (χ1v) is 8.17. The van der Waals surface area contributed by atoms with Gasteiger partial charge in [0.25, 0.3) is 5.91 Å². The number of nitrogens with zero attached hydrogens (tertiary/aromatic N) is 3. The third-order valence-corrected chi connectivity index (χ3v) is 5.09. The summed E-state index contributed by atoms with van der Waals surface area (Å²) in [6.07, 6.45) is 7.93. The van der Waals surface area contributed by atoms with Crippen LogP contribution in [0.1, 0.15) is 62.0 Å². The molecule has 6 nitrogen and oxygen atoms in total. The number of aromatic nitrogens is 2. The third-order valence-electron chi connectivity index (χ3n) is 5.09. The number of hydrogen-bond acceptors (Lipinski definition) is 3. The molecule has 1 aromatic rings. The Balaban J connectivity index is 1.74. The van der Waals surface area contributed by atoms with Crippen LogP contribution in [0.25, 0.3) is 0 Å². The van der Waals surface area contributed by atoms with E-state index >= 15 is 0 Å². The van der Waals surface area contributed by atoms with Gasteiger partial charge in [0.1, 0.15) is 5.69 Å². The Bertz CT molecular complexity index is 563. The average molecular weight is 305 g/mol. The van der Waals surface area contributed by atoms with Crippen LogP contribution in [0, 0.1) is 5.92 Å². The zero-order valence-corrected chi connectivity index (χ0v) is 12.9. The molecule has 1 saturated heterocycles. The van der Waals surface area contributed by atoms with E-state index in [9.17, 15) is 14.7 Å². The number of amides is 1. The fourth-order valence-corrected chi connectivity index (χ4v) is 3.73. The van der Waals surface area contributed by atoms with Crippen molar-refractivity contribution >= 4 is 11.9 Å². The molecule has 0 bridgehead atoms. The lowest BCUT2D eigenvalue weighted by Gasteiger charge is -2.37. The molecule has 3 rings (SSSR count). The van der Waals surface area contributed by atoms with E-state index in [0.29, 0.717) is 24.7 Å². The van der Waals surface area contributed by atoms with Crippen LogP contribution in [0.5, 0.6) is 0 Å². The van der Waals surface area contributed by atoms with E-state index < -0.39 is 11.9 Å². The van der Waals surface area contributed by atoms with Crippen LogP contribution >= 0.6 is 0 Å². The molecule has 0 unspecified atom stereocenters. The minimum absolute atomic E-state index is 0.143. The predicted molar refractivity (Wildman–Crippen MR) is 80.6 cm³/mol. The van der Waals surface area contributed by atoms with Crippen molar-refractivity contribution in [3.05, 3.63) is 18.0 Å². The standard InChI is InChI=1S/C16H23N3O3/c1-11-13(16(21)22)7-4-9-18(11)15(20)14-8-10-19(17-14)12-5-2-3-6-12/h8,10-13H,2-7,9H2,1H3,(H,21,22)/t11-,13-/m1/s1. The van der Waals surface area contributed by atoms with Crippen molar-refractivity contribution in [1.29, 1.82) is 0 Å². The number of piperidine rings is 1. The van der Waals surface area contributed by atoms with Crippen molar-refractivity contribution in [3.8, 4) is 0 Å². The number of carboxylic acid groups (broad SMARTS) is 1. The van der Waals surface area contributed by atoms with Crippen molar-refractivity contribution in [1.82, 2.24) is 14.7 Å². The first-order chi connectivity index (χ1) is 10.6. The summed E-state index contributed by atoms with van der Waals surface area (Å²) in [5, 5.41) is 13.7. The minimum Gasteiger partial charge on any atom is -0.481 e. The van der Waals surface area contributed by atoms with Crippen LogP contribution in [-0.4, -0.2) is 44.3 Å². The first-order valence-electron chi connectivity index (χ1n) is 8.17. The Labute approximate surface area is 130 Å². The van der Waals surface area contributed by atoms with Crippen LogP contribution in [0.2, 0.25) is 0 Å². The molecule has 0 radical (unpaired) electrons. The van der Waals surface area contributed by atoms with Crippen LogP contribution < -0.4 is 0 Å². The highest BCUT2D eigenvalue weighted by Crippen LogP contribution is 2.29. The molecule has 22 heavy (non-hydrogen) atoms. The van der Waals surface area contributed by atoms with Gasteiger partial charge in [-0.1, -0.05) is 12.8 Å². The second kappa shape index (κ2) is 6.10. The minimum atomic E-state index is -0.818. The summed E-state index contributed by atoms with van der Waals surface area (Å²) in [5.74, 6) is -1.44. The normalized spacial score (nSPS) is 26.3. The van der Waals surface area contributed by atoms with Gasteiger partial charge in [-0.3, -0.25) is 14.3 Å². The number of aliphatic carboxylic acids is 1. The van der Waals surface area contributed by atoms with E-state index in [0.717, 1.165) is 19.3 Å². The summed E-state index contributed by atoms with van der Waals surface area (Å²) < 4.78 is 1.91. The number of carbonyl (C=O) groups is 2. The van der Waals surface area contributed by atoms with Gasteiger partial charge in [0, 0.05) is 18.8 Å². The summed E-state index contributed by atoms with van der Waals surface area (Å²) in [4.78, 5) is 25.6. The van der Waals surface area contributed by atoms with E-state index in [1.54, 1.807) is 11.0 Å². The van der Waals surface area contributed by atoms with Gasteiger partial charge in [0.05, 0.1) is 12.0 Å². The Kier molecular flexibility index (Phi) is 4.18. The van der Waals surface area contributed by atoms with Crippen LogP contribution in [0.4, 0.5) is 0 Å². The van der Waals surface area contributed by atoms with Gasteiger partial charge in [-0.05, 0) is 38.7 Å². The van der Waals surface area contributed by atoms with E-state index in [1.807, 2.05) is 17.8 Å². The zero-order chi connectivity index (χ0) is 15.7. The SMILES string of the molecule is C[C@@H]1[C@H](C(=O)O)CCCN1C(=O)c1ccn(C2CCCC2)n1. The second-order valence-electron chi connectivity index (χ2n) is 6.45. The Morgan fingerprint density at radius 2 is 1.95 bits per heavy atom. The second-order valence-corrected chi connectivity index (χ2v) is 6.45. The van der Waals surface area contributed by atoms with E-state index in [2.05, 4.69) is 5.10 Å². The molecule has 1 aromatic heterocycles. The van der Waals surface area contributed by atoms with Gasteiger partial charge in [-0.2, -0.15) is 5.10 Å². The molecule has 2 atom stereocenters. The maximum Gasteiger partial charge on any atom is 0.308 e. The molecule has 2 heterocycles. The molecule has 0 aromatic carbocycles. The van der Waals surface area contributed by atoms with E-state index in [1.165, 1.54) is 12.8 Å². The van der Waals surface area contributed by atoms with Gasteiger partial charge in [0.15, 0.2) is 0 Å². The topological polar surface area (TPSA) is 75.4 Å². The number of likely N-dealkylation sites (tertiary alicyclic amines) is 1. The van der Waals surface area contributed by atoms with Crippen LogP contribution in [0.15, 0.2) is 12.3 Å². The molecular formula is C16H23N3O3. The highest BCUT2D eigenvalue weighted by molar-refractivity contribution is 5.93. The van der Waals surface area contributed by atoms with Gasteiger partial charge in [0.2, 0.25) is 0 Å². The predicted octanol–water partition coefficient (Wildman–Crippen LogP) is 2.32. The van der Waals surface area contributed by atoms with Gasteiger partial charge in [-0.25, -0.2) is 0 Å². The zero-order valence-electron chi connectivity index (χ0n) is 12.9. The molecule has 2 aliphatic rings. The summed E-state index contributed by atoms with van der Waals surface area (Å²) in [5.41, 5.74) is 0.435. The number of carboxylic acids is 1. The van der Waals surface area contributed by atoms with Crippen LogP contribution in [0.3, 0.4) is 0 Å². The summed E-state index contributed by atoms with van der Waals surface area (Å²) in [6, 6.07) is 1.89. The molecule has 1 saturated carbocycles. The average Bonchev–Trinajstić information content (AvgIpc) is 3.17.